The van der Waals surface area contributed by atoms with E-state index < -0.39 is 41.0 Å². The maximum Gasteiger partial charge on any atom is 0.309 e. The fourth-order valence-corrected chi connectivity index (χ4v) is 4.07. The highest BCUT2D eigenvalue weighted by atomic mass is 19.2. The Kier molecular flexibility index (Phi) is 8.01. The SMILES string of the molecule is COc1ccc(-c2ccc(CC[C@@H](O)[C@H](CCn3nnc4cc(F)c(F)cc4c3=O)C(=O)O)c(F)c2)cn1. The normalized spacial score (nSPS) is 12.9. The molecule has 38 heavy (non-hydrogen) atoms. The number of aliphatic hydroxyl groups is 1. The number of aliphatic carboxylic acids is 1. The molecule has 0 aliphatic carbocycles. The molecule has 0 amide bonds. The Morgan fingerprint density at radius 3 is 2.42 bits per heavy atom. The van der Waals surface area contributed by atoms with E-state index in [0.29, 0.717) is 28.6 Å². The molecule has 198 valence electrons. The quantitative estimate of drug-likeness (QED) is 0.321. The van der Waals surface area contributed by atoms with Crippen LogP contribution in [0.3, 0.4) is 0 Å². The Morgan fingerprint density at radius 2 is 1.76 bits per heavy atom. The molecule has 2 aromatic carbocycles. The van der Waals surface area contributed by atoms with Crippen LogP contribution in [-0.4, -0.2) is 49.4 Å². The van der Waals surface area contributed by atoms with Crippen molar-refractivity contribution in [2.75, 3.05) is 7.11 Å². The number of fused-ring (bicyclic) bond motifs is 1. The van der Waals surface area contributed by atoms with E-state index in [9.17, 15) is 33.0 Å². The smallest absolute Gasteiger partial charge is 0.309 e. The van der Waals surface area contributed by atoms with Gasteiger partial charge in [0, 0.05) is 30.4 Å². The molecule has 12 heteroatoms. The van der Waals surface area contributed by atoms with Crippen LogP contribution in [0.25, 0.3) is 22.0 Å². The largest absolute Gasteiger partial charge is 0.481 e. The molecule has 2 heterocycles. The van der Waals surface area contributed by atoms with E-state index in [-0.39, 0.29) is 36.7 Å². The minimum atomic E-state index is -1.35. The number of benzene rings is 2. The van der Waals surface area contributed by atoms with Crippen LogP contribution in [-0.2, 0) is 17.8 Å². The second-order valence-corrected chi connectivity index (χ2v) is 8.64. The number of aliphatic hydroxyl groups excluding tert-OH is 1. The first kappa shape index (κ1) is 26.7. The van der Waals surface area contributed by atoms with Crippen LogP contribution in [0.4, 0.5) is 13.2 Å². The van der Waals surface area contributed by atoms with Gasteiger partial charge in [-0.05, 0) is 48.6 Å². The number of rotatable bonds is 10. The van der Waals surface area contributed by atoms with Crippen LogP contribution >= 0.6 is 0 Å². The lowest BCUT2D eigenvalue weighted by Gasteiger charge is -2.19. The van der Waals surface area contributed by atoms with Gasteiger partial charge in [-0.1, -0.05) is 17.3 Å². The van der Waals surface area contributed by atoms with E-state index >= 15 is 0 Å². The highest BCUT2D eigenvalue weighted by molar-refractivity contribution is 5.77. The molecule has 9 nitrogen and oxygen atoms in total. The van der Waals surface area contributed by atoms with Gasteiger partial charge in [-0.2, -0.15) is 0 Å². The third kappa shape index (κ3) is 5.80. The number of hydrogen-bond donors (Lipinski definition) is 2. The first-order valence-corrected chi connectivity index (χ1v) is 11.6. The molecule has 2 N–H and O–H groups in total. The zero-order chi connectivity index (χ0) is 27.4. The van der Waals surface area contributed by atoms with Crippen molar-refractivity contribution in [1.82, 2.24) is 20.0 Å². The number of aryl methyl sites for hydroxylation is 2. The van der Waals surface area contributed by atoms with Gasteiger partial charge in [0.1, 0.15) is 11.3 Å². The van der Waals surface area contributed by atoms with Crippen LogP contribution in [0.2, 0.25) is 0 Å². The third-order valence-corrected chi connectivity index (χ3v) is 6.24. The van der Waals surface area contributed by atoms with Gasteiger partial charge in [0.05, 0.1) is 24.5 Å². The Labute approximate surface area is 214 Å². The maximum absolute atomic E-state index is 14.7. The summed E-state index contributed by atoms with van der Waals surface area (Å²) in [4.78, 5) is 28.5. The number of ether oxygens (including phenoxy) is 1. The number of carboxylic acids is 1. The summed E-state index contributed by atoms with van der Waals surface area (Å²) in [5, 5.41) is 27.3. The molecule has 0 saturated carbocycles. The predicted octanol–water partition coefficient (Wildman–Crippen LogP) is 3.36. The van der Waals surface area contributed by atoms with Gasteiger partial charge in [0.15, 0.2) is 11.6 Å². The van der Waals surface area contributed by atoms with Crippen LogP contribution in [0, 0.1) is 23.4 Å². The zero-order valence-electron chi connectivity index (χ0n) is 20.1. The average Bonchev–Trinajstić information content (AvgIpc) is 2.90. The van der Waals surface area contributed by atoms with Gasteiger partial charge in [-0.15, -0.1) is 5.10 Å². The molecule has 0 bridgehead atoms. The van der Waals surface area contributed by atoms with Crippen molar-refractivity contribution in [2.45, 2.75) is 31.9 Å². The van der Waals surface area contributed by atoms with Gasteiger partial charge >= 0.3 is 5.97 Å². The van der Waals surface area contributed by atoms with Crippen molar-refractivity contribution >= 4 is 16.9 Å². The van der Waals surface area contributed by atoms with Gasteiger partial charge < -0.3 is 14.9 Å². The van der Waals surface area contributed by atoms with Crippen molar-refractivity contribution in [3.8, 4) is 17.0 Å². The van der Waals surface area contributed by atoms with Crippen molar-refractivity contribution in [3.05, 3.63) is 82.0 Å². The van der Waals surface area contributed by atoms with E-state index in [0.717, 1.165) is 10.7 Å². The van der Waals surface area contributed by atoms with Gasteiger partial charge in [-0.25, -0.2) is 22.8 Å². The number of pyridine rings is 1. The fraction of sp³-hybridized carbons (Fsp3) is 0.269. The van der Waals surface area contributed by atoms with Gasteiger partial charge in [-0.3, -0.25) is 9.59 Å². The maximum atomic E-state index is 14.7. The molecule has 0 aliphatic rings. The minimum absolute atomic E-state index is 0.0554. The number of nitrogens with zero attached hydrogens (tertiary/aromatic N) is 4. The molecule has 0 unspecified atom stereocenters. The van der Waals surface area contributed by atoms with Crippen LogP contribution in [0.15, 0.2) is 53.5 Å². The first-order chi connectivity index (χ1) is 18.2. The Balaban J connectivity index is 1.41. The highest BCUT2D eigenvalue weighted by Gasteiger charge is 2.27. The van der Waals surface area contributed by atoms with Crippen LogP contribution < -0.4 is 10.3 Å². The minimum Gasteiger partial charge on any atom is -0.481 e. The number of carboxylic acid groups (broad SMARTS) is 1. The molecule has 2 atom stereocenters. The van der Waals surface area contributed by atoms with E-state index in [1.807, 2.05) is 0 Å². The molecule has 0 saturated heterocycles. The van der Waals surface area contributed by atoms with Crippen LogP contribution in [0.5, 0.6) is 5.88 Å². The summed E-state index contributed by atoms with van der Waals surface area (Å²) < 4.78 is 47.5. The van der Waals surface area contributed by atoms with Crippen molar-refractivity contribution in [2.24, 2.45) is 5.92 Å². The second kappa shape index (κ2) is 11.4. The van der Waals surface area contributed by atoms with Gasteiger partial charge in [0.2, 0.25) is 5.88 Å². The van der Waals surface area contributed by atoms with Gasteiger partial charge in [0.25, 0.3) is 5.56 Å². The van der Waals surface area contributed by atoms with E-state index in [2.05, 4.69) is 15.3 Å². The Hall–Kier alpha value is -4.32. The summed E-state index contributed by atoms with van der Waals surface area (Å²) in [7, 11) is 1.49. The summed E-state index contributed by atoms with van der Waals surface area (Å²) in [5.74, 6) is -5.10. The molecule has 0 spiro atoms. The lowest BCUT2D eigenvalue weighted by Crippen LogP contribution is -2.32. The molecule has 2 aromatic heterocycles. The molecular weight excluding hydrogens is 505 g/mol. The monoisotopic (exact) mass is 528 g/mol. The van der Waals surface area contributed by atoms with E-state index in [1.165, 1.54) is 13.2 Å². The van der Waals surface area contributed by atoms with E-state index in [4.69, 9.17) is 4.74 Å². The van der Waals surface area contributed by atoms with E-state index in [1.54, 1.807) is 30.5 Å². The average molecular weight is 528 g/mol. The Bertz CT molecular complexity index is 1530. The second-order valence-electron chi connectivity index (χ2n) is 8.64. The first-order valence-electron chi connectivity index (χ1n) is 11.6. The topological polar surface area (TPSA) is 127 Å². The zero-order valence-corrected chi connectivity index (χ0v) is 20.1. The molecule has 0 fully saturated rings. The number of carbonyl (C=O) groups is 1. The highest BCUT2D eigenvalue weighted by Crippen LogP contribution is 2.24. The summed E-state index contributed by atoms with van der Waals surface area (Å²) in [6.45, 7) is -0.242. The lowest BCUT2D eigenvalue weighted by molar-refractivity contribution is -0.146. The Morgan fingerprint density at radius 1 is 1.03 bits per heavy atom. The molecule has 0 aliphatic heterocycles. The molecular formula is C26H23F3N4O5. The summed E-state index contributed by atoms with van der Waals surface area (Å²) in [6.07, 6.45) is 0.00671. The predicted molar refractivity (Wildman–Crippen MR) is 130 cm³/mol. The fourth-order valence-electron chi connectivity index (χ4n) is 4.07. The molecule has 4 rings (SSSR count). The van der Waals surface area contributed by atoms with Crippen molar-refractivity contribution in [3.63, 3.8) is 0 Å². The number of aromatic nitrogens is 4. The molecule has 0 radical (unpaired) electrons. The number of halogens is 3. The standard InChI is InChI=1S/C26H23F3N4O5/c1-38-24-7-5-16(13-30-24)15-3-2-14(19(27)10-15)4-6-23(34)17(26(36)37)8-9-33-25(35)18-11-20(28)21(29)12-22(18)31-32-33/h2-3,5,7,10-13,17,23,34H,4,6,8-9H2,1H3,(H,36,37)/t17-,23+/m0/s1. The lowest BCUT2D eigenvalue weighted by atomic mass is 9.93. The summed E-state index contributed by atoms with van der Waals surface area (Å²) >= 11 is 0. The molecule has 4 aromatic rings. The van der Waals surface area contributed by atoms with Crippen LogP contribution in [0.1, 0.15) is 18.4 Å². The van der Waals surface area contributed by atoms with Crippen molar-refractivity contribution < 1.29 is 32.9 Å². The van der Waals surface area contributed by atoms with Crippen molar-refractivity contribution in [1.29, 1.82) is 0 Å². The number of methoxy groups -OCH3 is 1. The third-order valence-electron chi connectivity index (χ3n) is 6.24. The summed E-state index contributed by atoms with van der Waals surface area (Å²) in [6, 6.07) is 9.42. The number of hydrogen-bond acceptors (Lipinski definition) is 7. The summed E-state index contributed by atoms with van der Waals surface area (Å²) in [5.41, 5.74) is 0.652.